The number of rotatable bonds is 3. The Morgan fingerprint density at radius 3 is 2.83 bits per heavy atom. The van der Waals surface area contributed by atoms with Crippen LogP contribution in [0.5, 0.6) is 0 Å². The zero-order valence-electron chi connectivity index (χ0n) is 10.00. The molecule has 2 unspecified atom stereocenters. The minimum Gasteiger partial charge on any atom is -0.376 e. The standard InChI is InChI=1S/C12H15F3N2O/c1-8(9-4-3-7-18-9)16-11-6-2-5-10(17-11)12(13,14)15/h2,5-6,8-9H,3-4,7H2,1H3,(H,16,17). The summed E-state index contributed by atoms with van der Waals surface area (Å²) in [7, 11) is 0. The van der Waals surface area contributed by atoms with Crippen LogP contribution in [0.1, 0.15) is 25.5 Å². The van der Waals surface area contributed by atoms with Crippen molar-refractivity contribution in [3.63, 3.8) is 0 Å². The van der Waals surface area contributed by atoms with E-state index in [0.717, 1.165) is 18.9 Å². The van der Waals surface area contributed by atoms with Crippen molar-refractivity contribution in [1.82, 2.24) is 4.98 Å². The van der Waals surface area contributed by atoms with Crippen LogP contribution in [0.2, 0.25) is 0 Å². The molecule has 2 heterocycles. The van der Waals surface area contributed by atoms with Gasteiger partial charge in [0, 0.05) is 6.61 Å². The highest BCUT2D eigenvalue weighted by Gasteiger charge is 2.32. The van der Waals surface area contributed by atoms with Gasteiger partial charge in [-0.3, -0.25) is 0 Å². The SMILES string of the molecule is CC(Nc1cccc(C(F)(F)F)n1)C1CCCO1. The Balaban J connectivity index is 2.04. The summed E-state index contributed by atoms with van der Waals surface area (Å²) in [5.74, 6) is 0.229. The molecule has 100 valence electrons. The van der Waals surface area contributed by atoms with Crippen LogP contribution in [0.25, 0.3) is 0 Å². The number of pyridine rings is 1. The summed E-state index contributed by atoms with van der Waals surface area (Å²) in [4.78, 5) is 3.56. The lowest BCUT2D eigenvalue weighted by Gasteiger charge is -2.20. The van der Waals surface area contributed by atoms with Crippen molar-refractivity contribution in [2.24, 2.45) is 0 Å². The first-order chi connectivity index (χ1) is 8.47. The third kappa shape index (κ3) is 3.13. The molecule has 6 heteroatoms. The number of hydrogen-bond donors (Lipinski definition) is 1. The van der Waals surface area contributed by atoms with Gasteiger partial charge in [0.05, 0.1) is 12.1 Å². The zero-order chi connectivity index (χ0) is 13.2. The lowest BCUT2D eigenvalue weighted by molar-refractivity contribution is -0.141. The minimum absolute atomic E-state index is 0.0429. The second-order valence-electron chi connectivity index (χ2n) is 4.39. The Bertz CT molecular complexity index is 403. The number of hydrogen-bond acceptors (Lipinski definition) is 3. The first kappa shape index (κ1) is 13.1. The summed E-state index contributed by atoms with van der Waals surface area (Å²) in [6.45, 7) is 2.60. The van der Waals surface area contributed by atoms with Crippen LogP contribution in [0.15, 0.2) is 18.2 Å². The predicted molar refractivity (Wildman–Crippen MR) is 61.3 cm³/mol. The van der Waals surface area contributed by atoms with Gasteiger partial charge in [-0.05, 0) is 31.9 Å². The first-order valence-corrected chi connectivity index (χ1v) is 5.89. The molecule has 0 aliphatic carbocycles. The van der Waals surface area contributed by atoms with E-state index in [4.69, 9.17) is 4.74 Å². The van der Waals surface area contributed by atoms with E-state index < -0.39 is 11.9 Å². The average molecular weight is 260 g/mol. The number of anilines is 1. The summed E-state index contributed by atoms with van der Waals surface area (Å²) in [5.41, 5.74) is -0.882. The van der Waals surface area contributed by atoms with Gasteiger partial charge >= 0.3 is 6.18 Å². The van der Waals surface area contributed by atoms with E-state index in [1.165, 1.54) is 12.1 Å². The van der Waals surface area contributed by atoms with Crippen molar-refractivity contribution in [2.45, 2.75) is 38.1 Å². The van der Waals surface area contributed by atoms with Gasteiger partial charge in [0.25, 0.3) is 0 Å². The molecule has 0 amide bonds. The first-order valence-electron chi connectivity index (χ1n) is 5.89. The molecule has 2 rings (SSSR count). The lowest BCUT2D eigenvalue weighted by atomic mass is 10.1. The molecular formula is C12H15F3N2O. The van der Waals surface area contributed by atoms with E-state index in [1.54, 1.807) is 0 Å². The number of ether oxygens (including phenoxy) is 1. The molecule has 1 aromatic heterocycles. The lowest BCUT2D eigenvalue weighted by Crippen LogP contribution is -2.30. The highest BCUT2D eigenvalue weighted by atomic mass is 19.4. The van der Waals surface area contributed by atoms with Gasteiger partial charge in [0.2, 0.25) is 0 Å². The summed E-state index contributed by atoms with van der Waals surface area (Å²) < 4.78 is 42.9. The summed E-state index contributed by atoms with van der Waals surface area (Å²) in [5, 5.41) is 2.96. The summed E-state index contributed by atoms with van der Waals surface area (Å²) in [6, 6.07) is 3.78. The van der Waals surface area contributed by atoms with Gasteiger partial charge in [0.15, 0.2) is 0 Å². The zero-order valence-corrected chi connectivity index (χ0v) is 10.00. The Kier molecular flexibility index (Phi) is 3.75. The third-order valence-electron chi connectivity index (χ3n) is 2.94. The molecule has 0 bridgehead atoms. The molecule has 18 heavy (non-hydrogen) atoms. The summed E-state index contributed by atoms with van der Waals surface area (Å²) in [6.07, 6.45) is -2.45. The molecule has 0 spiro atoms. The smallest absolute Gasteiger partial charge is 0.376 e. The van der Waals surface area contributed by atoms with Crippen LogP contribution in [-0.2, 0) is 10.9 Å². The van der Waals surface area contributed by atoms with Crippen LogP contribution in [0, 0.1) is 0 Å². The topological polar surface area (TPSA) is 34.2 Å². The van der Waals surface area contributed by atoms with Crippen LogP contribution in [0.3, 0.4) is 0 Å². The highest BCUT2D eigenvalue weighted by Crippen LogP contribution is 2.28. The maximum Gasteiger partial charge on any atom is 0.433 e. The second-order valence-corrected chi connectivity index (χ2v) is 4.39. The predicted octanol–water partition coefficient (Wildman–Crippen LogP) is 3.08. The van der Waals surface area contributed by atoms with Gasteiger partial charge in [-0.2, -0.15) is 13.2 Å². The quantitative estimate of drug-likeness (QED) is 0.906. The van der Waals surface area contributed by atoms with Crippen LogP contribution < -0.4 is 5.32 Å². The van der Waals surface area contributed by atoms with E-state index in [0.29, 0.717) is 6.61 Å². The molecule has 1 fully saturated rings. The fourth-order valence-electron chi connectivity index (χ4n) is 2.00. The van der Waals surface area contributed by atoms with Crippen molar-refractivity contribution in [2.75, 3.05) is 11.9 Å². The molecule has 1 saturated heterocycles. The molecule has 0 radical (unpaired) electrons. The molecule has 2 atom stereocenters. The number of nitrogens with zero attached hydrogens (tertiary/aromatic N) is 1. The molecule has 1 aliphatic heterocycles. The van der Waals surface area contributed by atoms with Crippen LogP contribution >= 0.6 is 0 Å². The Morgan fingerprint density at radius 2 is 2.22 bits per heavy atom. The second kappa shape index (κ2) is 5.14. The van der Waals surface area contributed by atoms with Gasteiger partial charge in [-0.15, -0.1) is 0 Å². The van der Waals surface area contributed by atoms with E-state index in [9.17, 15) is 13.2 Å². The van der Waals surface area contributed by atoms with E-state index in [-0.39, 0.29) is 18.0 Å². The van der Waals surface area contributed by atoms with Crippen molar-refractivity contribution in [3.05, 3.63) is 23.9 Å². The fourth-order valence-corrected chi connectivity index (χ4v) is 2.00. The Labute approximate surface area is 103 Å². The van der Waals surface area contributed by atoms with Gasteiger partial charge in [-0.1, -0.05) is 6.07 Å². The van der Waals surface area contributed by atoms with E-state index >= 15 is 0 Å². The normalized spacial score (nSPS) is 21.9. The monoisotopic (exact) mass is 260 g/mol. The molecular weight excluding hydrogens is 245 g/mol. The number of nitrogens with one attached hydrogen (secondary N) is 1. The van der Waals surface area contributed by atoms with Crippen molar-refractivity contribution < 1.29 is 17.9 Å². The Morgan fingerprint density at radius 1 is 1.44 bits per heavy atom. The number of alkyl halides is 3. The molecule has 1 N–H and O–H groups in total. The molecule has 1 aliphatic rings. The maximum absolute atomic E-state index is 12.5. The molecule has 0 saturated carbocycles. The Hall–Kier alpha value is -1.30. The van der Waals surface area contributed by atoms with Crippen LogP contribution in [-0.4, -0.2) is 23.7 Å². The van der Waals surface area contributed by atoms with Gasteiger partial charge in [-0.25, -0.2) is 4.98 Å². The third-order valence-corrected chi connectivity index (χ3v) is 2.94. The highest BCUT2D eigenvalue weighted by molar-refractivity contribution is 5.37. The van der Waals surface area contributed by atoms with Crippen molar-refractivity contribution >= 4 is 5.82 Å². The number of aromatic nitrogens is 1. The summed E-state index contributed by atoms with van der Waals surface area (Å²) >= 11 is 0. The van der Waals surface area contributed by atoms with Crippen LogP contribution in [0.4, 0.5) is 19.0 Å². The van der Waals surface area contributed by atoms with Crippen molar-refractivity contribution in [1.29, 1.82) is 0 Å². The van der Waals surface area contributed by atoms with Crippen molar-refractivity contribution in [3.8, 4) is 0 Å². The van der Waals surface area contributed by atoms with Gasteiger partial charge < -0.3 is 10.1 Å². The molecule has 1 aromatic rings. The maximum atomic E-state index is 12.5. The average Bonchev–Trinajstić information content (AvgIpc) is 2.81. The molecule has 0 aromatic carbocycles. The minimum atomic E-state index is -4.41. The fraction of sp³-hybridized carbons (Fsp3) is 0.583. The number of halogens is 3. The van der Waals surface area contributed by atoms with E-state index in [1.807, 2.05) is 6.92 Å². The van der Waals surface area contributed by atoms with Gasteiger partial charge in [0.1, 0.15) is 11.5 Å². The molecule has 3 nitrogen and oxygen atoms in total. The van der Waals surface area contributed by atoms with E-state index in [2.05, 4.69) is 10.3 Å². The largest absolute Gasteiger partial charge is 0.433 e.